The Bertz CT molecular complexity index is 1080. The van der Waals surface area contributed by atoms with E-state index >= 15 is 0 Å². The van der Waals surface area contributed by atoms with Crippen LogP contribution in [0.2, 0.25) is 5.02 Å². The molecule has 2 atom stereocenters. The molecule has 2 fully saturated rings. The molecule has 2 aromatic carbocycles. The summed E-state index contributed by atoms with van der Waals surface area (Å²) in [7, 11) is 1.39. The molecule has 0 amide bonds. The number of phenols is 1. The van der Waals surface area contributed by atoms with E-state index in [0.717, 1.165) is 44.2 Å². The van der Waals surface area contributed by atoms with Crippen LogP contribution in [0.5, 0.6) is 5.75 Å². The topological polar surface area (TPSA) is 56.2 Å². The largest absolute Gasteiger partial charge is 0.508 e. The average Bonchev–Trinajstić information content (AvgIpc) is 2.89. The number of anilines is 1. The third kappa shape index (κ3) is 7.09. The molecule has 0 radical (unpaired) electrons. The highest BCUT2D eigenvalue weighted by Crippen LogP contribution is 2.33. The van der Waals surface area contributed by atoms with Crippen molar-refractivity contribution >= 4 is 23.3 Å². The Labute approximate surface area is 220 Å². The first-order valence-electron chi connectivity index (χ1n) is 12.6. The van der Waals surface area contributed by atoms with Crippen LogP contribution in [0.3, 0.4) is 0 Å². The van der Waals surface area contributed by atoms with Crippen LogP contribution in [0.15, 0.2) is 42.5 Å². The van der Waals surface area contributed by atoms with Crippen molar-refractivity contribution in [2.75, 3.05) is 51.3 Å². The number of carbonyl (C=O) groups is 1. The van der Waals surface area contributed by atoms with Crippen molar-refractivity contribution in [2.24, 2.45) is 5.92 Å². The quantitative estimate of drug-likeness (QED) is 0.498. The fourth-order valence-corrected chi connectivity index (χ4v) is 5.72. The summed E-state index contributed by atoms with van der Waals surface area (Å²) in [6, 6.07) is 10.8. The summed E-state index contributed by atoms with van der Waals surface area (Å²) in [6.07, 6.45) is -2.45. The Morgan fingerprint density at radius 3 is 2.57 bits per heavy atom. The van der Waals surface area contributed by atoms with Crippen LogP contribution in [0.4, 0.5) is 18.9 Å². The molecule has 37 heavy (non-hydrogen) atoms. The Kier molecular flexibility index (Phi) is 8.87. The summed E-state index contributed by atoms with van der Waals surface area (Å²) in [5.41, 5.74) is 0.730. The fourth-order valence-electron chi connectivity index (χ4n) is 5.52. The number of likely N-dealkylation sites (tertiary alicyclic amines) is 1. The number of rotatable bonds is 7. The summed E-state index contributed by atoms with van der Waals surface area (Å²) in [5, 5.41) is 10.8. The number of hydrogen-bond donors (Lipinski definition) is 1. The van der Waals surface area contributed by atoms with E-state index in [-0.39, 0.29) is 23.7 Å². The molecule has 2 aromatic rings. The number of piperidine rings is 1. The standard InChI is InChI=1S/C27H33ClF3N3O3/c1-37-26(36)8-5-19-17-32(18-20-15-22(28)6-7-25(20)35)10-9-24(19)34-13-11-33(12-14-34)23-4-2-3-21(16-23)27(29,30)31/h2-4,6-7,15-16,19,24,35H,5,8-14,17-18H2,1H3/t19-,24+/m0/s1. The smallest absolute Gasteiger partial charge is 0.416 e. The van der Waals surface area contributed by atoms with Crippen LogP contribution in [0.25, 0.3) is 0 Å². The SMILES string of the molecule is COC(=O)CC[C@H]1CN(Cc2cc(Cl)ccc2O)CC[C@H]1N1CCN(c2cccc(C(F)(F)F)c2)CC1. The second-order valence-electron chi connectivity index (χ2n) is 9.81. The molecule has 2 aliphatic rings. The first-order chi connectivity index (χ1) is 17.6. The molecule has 0 spiro atoms. The molecule has 0 aliphatic carbocycles. The Morgan fingerprint density at radius 2 is 1.86 bits per heavy atom. The number of carbonyl (C=O) groups excluding carboxylic acids is 1. The van der Waals surface area contributed by atoms with Crippen molar-refractivity contribution in [2.45, 2.75) is 38.0 Å². The van der Waals surface area contributed by atoms with Crippen LogP contribution in [-0.4, -0.2) is 73.3 Å². The molecule has 1 N–H and O–H groups in total. The maximum atomic E-state index is 13.2. The van der Waals surface area contributed by atoms with Gasteiger partial charge >= 0.3 is 12.1 Å². The summed E-state index contributed by atoms with van der Waals surface area (Å²) in [4.78, 5) is 18.6. The molecule has 4 rings (SSSR count). The van der Waals surface area contributed by atoms with Crippen molar-refractivity contribution < 1.29 is 27.8 Å². The Morgan fingerprint density at radius 1 is 1.11 bits per heavy atom. The van der Waals surface area contributed by atoms with Crippen molar-refractivity contribution in [3.63, 3.8) is 0 Å². The van der Waals surface area contributed by atoms with Crippen molar-refractivity contribution in [1.29, 1.82) is 0 Å². The fraction of sp³-hybridized carbons (Fsp3) is 0.519. The number of hydrogen-bond acceptors (Lipinski definition) is 6. The number of benzene rings is 2. The van der Waals surface area contributed by atoms with Crippen molar-refractivity contribution in [1.82, 2.24) is 9.80 Å². The van der Waals surface area contributed by atoms with Crippen LogP contribution < -0.4 is 4.90 Å². The molecule has 0 unspecified atom stereocenters. The Balaban J connectivity index is 1.41. The van der Waals surface area contributed by atoms with Gasteiger partial charge in [0.05, 0.1) is 12.7 Å². The second-order valence-corrected chi connectivity index (χ2v) is 10.2. The monoisotopic (exact) mass is 539 g/mol. The highest BCUT2D eigenvalue weighted by Gasteiger charge is 2.36. The van der Waals surface area contributed by atoms with Gasteiger partial charge < -0.3 is 14.7 Å². The molecule has 0 aromatic heterocycles. The van der Waals surface area contributed by atoms with E-state index in [0.29, 0.717) is 43.2 Å². The lowest BCUT2D eigenvalue weighted by atomic mass is 9.86. The first kappa shape index (κ1) is 27.5. The lowest BCUT2D eigenvalue weighted by Crippen LogP contribution is -2.56. The molecule has 6 nitrogen and oxygen atoms in total. The van der Waals surface area contributed by atoms with Gasteiger partial charge in [0.2, 0.25) is 0 Å². The van der Waals surface area contributed by atoms with E-state index < -0.39 is 11.7 Å². The van der Waals surface area contributed by atoms with E-state index in [1.165, 1.54) is 19.2 Å². The number of ether oxygens (including phenoxy) is 1. The first-order valence-corrected chi connectivity index (χ1v) is 12.9. The number of methoxy groups -OCH3 is 1. The van der Waals surface area contributed by atoms with Crippen LogP contribution in [0.1, 0.15) is 30.4 Å². The van der Waals surface area contributed by atoms with Gasteiger partial charge in [0.25, 0.3) is 0 Å². The number of piperazine rings is 1. The summed E-state index contributed by atoms with van der Waals surface area (Å²) in [6.45, 7) is 4.93. The normalized spacial score (nSPS) is 21.7. The Hall–Kier alpha value is -2.49. The van der Waals surface area contributed by atoms with Gasteiger partial charge in [-0.2, -0.15) is 13.2 Å². The second kappa shape index (κ2) is 11.9. The third-order valence-corrected chi connectivity index (χ3v) is 7.72. The van der Waals surface area contributed by atoms with Gasteiger partial charge in [0.1, 0.15) is 5.75 Å². The van der Waals surface area contributed by atoms with E-state index in [2.05, 4.69) is 9.80 Å². The van der Waals surface area contributed by atoms with E-state index in [1.54, 1.807) is 24.3 Å². The number of nitrogens with zero attached hydrogens (tertiary/aromatic N) is 3. The van der Waals surface area contributed by atoms with Crippen LogP contribution in [0, 0.1) is 5.92 Å². The highest BCUT2D eigenvalue weighted by molar-refractivity contribution is 6.30. The van der Waals surface area contributed by atoms with Gasteiger partial charge in [0, 0.05) is 68.0 Å². The minimum atomic E-state index is -4.36. The molecule has 0 saturated carbocycles. The molecule has 2 heterocycles. The number of halogens is 4. The molecular weight excluding hydrogens is 507 g/mol. The number of esters is 1. The molecule has 2 saturated heterocycles. The molecule has 10 heteroatoms. The van der Waals surface area contributed by atoms with Gasteiger partial charge in [-0.05, 0) is 61.7 Å². The molecular formula is C27H33ClF3N3O3. The summed E-state index contributed by atoms with van der Waals surface area (Å²) < 4.78 is 44.4. The van der Waals surface area contributed by atoms with Crippen LogP contribution >= 0.6 is 11.6 Å². The zero-order chi connectivity index (χ0) is 26.6. The number of aromatic hydroxyl groups is 1. The van der Waals surface area contributed by atoms with Gasteiger partial charge in [-0.3, -0.25) is 14.6 Å². The number of phenolic OH excluding ortho intramolecular Hbond substituents is 1. The predicted molar refractivity (Wildman–Crippen MR) is 137 cm³/mol. The van der Waals surface area contributed by atoms with Crippen molar-refractivity contribution in [3.05, 3.63) is 58.6 Å². The van der Waals surface area contributed by atoms with E-state index in [9.17, 15) is 23.1 Å². The molecule has 0 bridgehead atoms. The minimum absolute atomic E-state index is 0.211. The summed E-state index contributed by atoms with van der Waals surface area (Å²) >= 11 is 6.13. The maximum absolute atomic E-state index is 13.2. The van der Waals surface area contributed by atoms with Crippen LogP contribution in [-0.2, 0) is 22.3 Å². The minimum Gasteiger partial charge on any atom is -0.508 e. The third-order valence-electron chi connectivity index (χ3n) is 7.48. The number of alkyl halides is 3. The van der Waals surface area contributed by atoms with Crippen molar-refractivity contribution in [3.8, 4) is 5.75 Å². The van der Waals surface area contributed by atoms with E-state index in [1.807, 2.05) is 4.90 Å². The highest BCUT2D eigenvalue weighted by atomic mass is 35.5. The summed E-state index contributed by atoms with van der Waals surface area (Å²) in [5.74, 6) is 0.190. The zero-order valence-electron chi connectivity index (χ0n) is 20.9. The van der Waals surface area contributed by atoms with Gasteiger partial charge in [-0.25, -0.2) is 0 Å². The molecule has 202 valence electrons. The van der Waals surface area contributed by atoms with Gasteiger partial charge in [-0.15, -0.1) is 0 Å². The van der Waals surface area contributed by atoms with E-state index in [4.69, 9.17) is 16.3 Å². The lowest BCUT2D eigenvalue weighted by Gasteiger charge is -2.47. The molecule has 2 aliphatic heterocycles. The van der Waals surface area contributed by atoms with Gasteiger partial charge in [-0.1, -0.05) is 17.7 Å². The van der Waals surface area contributed by atoms with Gasteiger partial charge in [0.15, 0.2) is 0 Å². The zero-order valence-corrected chi connectivity index (χ0v) is 21.6. The predicted octanol–water partition coefficient (Wildman–Crippen LogP) is 5.03. The average molecular weight is 540 g/mol. The maximum Gasteiger partial charge on any atom is 0.416 e. The lowest BCUT2D eigenvalue weighted by molar-refractivity contribution is -0.141.